The molecule has 3 rings (SSSR count). The van der Waals surface area contributed by atoms with Crippen LogP contribution in [0.25, 0.3) is 0 Å². The van der Waals surface area contributed by atoms with Crippen LogP contribution in [0.1, 0.15) is 28.0 Å². The zero-order chi connectivity index (χ0) is 18.2. The van der Waals surface area contributed by atoms with Crippen LogP contribution in [0.15, 0.2) is 71.3 Å². The Kier molecular flexibility index (Phi) is 6.23. The molecular formula is C22H23NO3. The topological polar surface area (TPSA) is 51.5 Å². The Morgan fingerprint density at radius 2 is 1.85 bits per heavy atom. The zero-order valence-electron chi connectivity index (χ0n) is 14.9. The summed E-state index contributed by atoms with van der Waals surface area (Å²) in [6.45, 7) is 3.49. The third-order valence-corrected chi connectivity index (χ3v) is 4.19. The van der Waals surface area contributed by atoms with Gasteiger partial charge in [0.25, 0.3) is 0 Å². The van der Waals surface area contributed by atoms with Gasteiger partial charge >= 0.3 is 0 Å². The van der Waals surface area contributed by atoms with E-state index in [1.54, 1.807) is 6.26 Å². The lowest BCUT2D eigenvalue weighted by atomic mass is 10.1. The van der Waals surface area contributed by atoms with Gasteiger partial charge in [0.15, 0.2) is 0 Å². The number of hydrogen-bond acceptors (Lipinski definition) is 3. The molecule has 2 aromatic carbocycles. The minimum absolute atomic E-state index is 0.0266. The Labute approximate surface area is 153 Å². The molecule has 26 heavy (non-hydrogen) atoms. The van der Waals surface area contributed by atoms with Crippen molar-refractivity contribution in [1.82, 2.24) is 5.32 Å². The normalized spacial score (nSPS) is 10.7. The second kappa shape index (κ2) is 9.02. The van der Waals surface area contributed by atoms with Gasteiger partial charge in [0.2, 0.25) is 5.91 Å². The van der Waals surface area contributed by atoms with E-state index in [0.717, 1.165) is 28.0 Å². The minimum Gasteiger partial charge on any atom is -0.467 e. The highest BCUT2D eigenvalue weighted by atomic mass is 16.5. The Bertz CT molecular complexity index is 840. The van der Waals surface area contributed by atoms with Crippen molar-refractivity contribution in [3.8, 4) is 0 Å². The van der Waals surface area contributed by atoms with Crippen molar-refractivity contribution in [1.29, 1.82) is 0 Å². The number of aryl methyl sites for hydroxylation is 1. The maximum atomic E-state index is 12.2. The molecule has 0 radical (unpaired) electrons. The summed E-state index contributed by atoms with van der Waals surface area (Å²) in [6, 6.07) is 19.7. The van der Waals surface area contributed by atoms with E-state index >= 15 is 0 Å². The number of amides is 1. The molecule has 0 aliphatic heterocycles. The van der Waals surface area contributed by atoms with Crippen molar-refractivity contribution in [3.05, 3.63) is 94.9 Å². The smallest absolute Gasteiger partial charge is 0.224 e. The number of benzene rings is 2. The van der Waals surface area contributed by atoms with E-state index in [1.807, 2.05) is 61.5 Å². The van der Waals surface area contributed by atoms with Gasteiger partial charge in [0, 0.05) is 6.54 Å². The van der Waals surface area contributed by atoms with Crippen LogP contribution < -0.4 is 5.32 Å². The minimum atomic E-state index is 0.0266. The lowest BCUT2D eigenvalue weighted by Gasteiger charge is -2.09. The molecule has 0 fully saturated rings. The van der Waals surface area contributed by atoms with Crippen LogP contribution in [-0.4, -0.2) is 5.91 Å². The van der Waals surface area contributed by atoms with Crippen LogP contribution in [-0.2, 0) is 35.7 Å². The van der Waals surface area contributed by atoms with Crippen LogP contribution in [0.3, 0.4) is 0 Å². The fourth-order valence-corrected chi connectivity index (χ4v) is 2.74. The summed E-state index contributed by atoms with van der Waals surface area (Å²) in [5.74, 6) is 0.836. The van der Waals surface area contributed by atoms with Crippen molar-refractivity contribution in [2.24, 2.45) is 0 Å². The third kappa shape index (κ3) is 5.33. The molecule has 1 aromatic heterocycles. The largest absolute Gasteiger partial charge is 0.467 e. The molecule has 4 heteroatoms. The monoisotopic (exact) mass is 349 g/mol. The Hall–Kier alpha value is -2.85. The van der Waals surface area contributed by atoms with E-state index in [4.69, 9.17) is 9.15 Å². The lowest BCUT2D eigenvalue weighted by Crippen LogP contribution is -2.24. The lowest BCUT2D eigenvalue weighted by molar-refractivity contribution is -0.120. The summed E-state index contributed by atoms with van der Waals surface area (Å²) >= 11 is 0. The standard InChI is InChI=1S/C22H23NO3/c1-17-6-2-3-9-20(17)13-22(24)23-14-18-7-4-8-19(12-18)15-25-16-21-10-5-11-26-21/h2-12H,13-16H2,1H3,(H,23,24). The average Bonchev–Trinajstić information content (AvgIpc) is 3.16. The second-order valence-electron chi connectivity index (χ2n) is 6.27. The Morgan fingerprint density at radius 3 is 2.65 bits per heavy atom. The van der Waals surface area contributed by atoms with Gasteiger partial charge in [-0.25, -0.2) is 0 Å². The first kappa shape index (κ1) is 18.0. The van der Waals surface area contributed by atoms with Gasteiger partial charge in [0.05, 0.1) is 19.3 Å². The van der Waals surface area contributed by atoms with E-state index in [-0.39, 0.29) is 5.91 Å². The molecule has 134 valence electrons. The van der Waals surface area contributed by atoms with Crippen molar-refractivity contribution in [2.75, 3.05) is 0 Å². The average molecular weight is 349 g/mol. The van der Waals surface area contributed by atoms with Crippen LogP contribution in [0.5, 0.6) is 0 Å². The maximum absolute atomic E-state index is 12.2. The Morgan fingerprint density at radius 1 is 1.00 bits per heavy atom. The molecule has 0 spiro atoms. The molecule has 3 aromatic rings. The van der Waals surface area contributed by atoms with Gasteiger partial charge in [0.1, 0.15) is 12.4 Å². The Balaban J connectivity index is 1.47. The number of furan rings is 1. The molecule has 1 N–H and O–H groups in total. The first-order valence-electron chi connectivity index (χ1n) is 8.70. The third-order valence-electron chi connectivity index (χ3n) is 4.19. The van der Waals surface area contributed by atoms with E-state index in [1.165, 1.54) is 0 Å². The van der Waals surface area contributed by atoms with E-state index in [0.29, 0.717) is 26.2 Å². The number of carbonyl (C=O) groups excluding carboxylic acids is 1. The predicted molar refractivity (Wildman–Crippen MR) is 100 cm³/mol. The van der Waals surface area contributed by atoms with Crippen LogP contribution in [0, 0.1) is 6.92 Å². The van der Waals surface area contributed by atoms with E-state index in [2.05, 4.69) is 11.4 Å². The van der Waals surface area contributed by atoms with Crippen molar-refractivity contribution in [3.63, 3.8) is 0 Å². The SMILES string of the molecule is Cc1ccccc1CC(=O)NCc1cccc(COCc2ccco2)c1. The van der Waals surface area contributed by atoms with Crippen molar-refractivity contribution in [2.45, 2.75) is 33.1 Å². The molecule has 0 saturated heterocycles. The first-order chi connectivity index (χ1) is 12.7. The summed E-state index contributed by atoms with van der Waals surface area (Å²) < 4.78 is 10.9. The summed E-state index contributed by atoms with van der Waals surface area (Å²) in [6.07, 6.45) is 2.04. The zero-order valence-corrected chi connectivity index (χ0v) is 14.9. The van der Waals surface area contributed by atoms with Crippen LogP contribution in [0.2, 0.25) is 0 Å². The van der Waals surface area contributed by atoms with E-state index in [9.17, 15) is 4.79 Å². The predicted octanol–water partition coefficient (Wildman–Crippen LogP) is 4.16. The molecule has 0 unspecified atom stereocenters. The van der Waals surface area contributed by atoms with Crippen molar-refractivity contribution < 1.29 is 13.9 Å². The summed E-state index contributed by atoms with van der Waals surface area (Å²) in [5, 5.41) is 2.99. The van der Waals surface area contributed by atoms with Crippen LogP contribution in [0.4, 0.5) is 0 Å². The number of rotatable bonds is 8. The van der Waals surface area contributed by atoms with Gasteiger partial charge in [-0.05, 0) is 41.3 Å². The molecule has 0 aliphatic carbocycles. The number of carbonyl (C=O) groups is 1. The fraction of sp³-hybridized carbons (Fsp3) is 0.227. The van der Waals surface area contributed by atoms with Gasteiger partial charge in [-0.15, -0.1) is 0 Å². The molecule has 0 saturated carbocycles. The second-order valence-corrected chi connectivity index (χ2v) is 6.27. The maximum Gasteiger partial charge on any atom is 0.224 e. The number of hydrogen-bond donors (Lipinski definition) is 1. The van der Waals surface area contributed by atoms with Gasteiger partial charge in [-0.3, -0.25) is 4.79 Å². The molecule has 4 nitrogen and oxygen atoms in total. The van der Waals surface area contributed by atoms with Gasteiger partial charge in [-0.2, -0.15) is 0 Å². The van der Waals surface area contributed by atoms with Gasteiger partial charge in [-0.1, -0.05) is 48.5 Å². The molecule has 1 amide bonds. The summed E-state index contributed by atoms with van der Waals surface area (Å²) in [7, 11) is 0. The van der Waals surface area contributed by atoms with Crippen LogP contribution >= 0.6 is 0 Å². The number of nitrogens with one attached hydrogen (secondary N) is 1. The highest BCUT2D eigenvalue weighted by molar-refractivity contribution is 5.78. The van der Waals surface area contributed by atoms with E-state index < -0.39 is 0 Å². The molecule has 0 bridgehead atoms. The highest BCUT2D eigenvalue weighted by Gasteiger charge is 2.06. The molecular weight excluding hydrogens is 326 g/mol. The molecule has 0 aliphatic rings. The quantitative estimate of drug-likeness (QED) is 0.664. The molecule has 1 heterocycles. The van der Waals surface area contributed by atoms with Gasteiger partial charge < -0.3 is 14.5 Å². The number of ether oxygens (including phenoxy) is 1. The summed E-state index contributed by atoms with van der Waals surface area (Å²) in [5.41, 5.74) is 4.33. The first-order valence-corrected chi connectivity index (χ1v) is 8.70. The summed E-state index contributed by atoms with van der Waals surface area (Å²) in [4.78, 5) is 12.2. The highest BCUT2D eigenvalue weighted by Crippen LogP contribution is 2.10. The van der Waals surface area contributed by atoms with Crippen molar-refractivity contribution >= 4 is 5.91 Å². The fourth-order valence-electron chi connectivity index (χ4n) is 2.74. The molecule has 0 atom stereocenters.